The van der Waals surface area contributed by atoms with E-state index in [1.54, 1.807) is 0 Å². The molecule has 6 rings (SSSR count). The fraction of sp³-hybridized carbons (Fsp3) is 0.111. The number of anilines is 1. The molecule has 1 aliphatic rings. The largest absolute Gasteiger partial charge is 0.343 e. The average molecular weight is 403 g/mol. The maximum atomic E-state index is 12.9. The number of pyridine rings is 1. The summed E-state index contributed by atoms with van der Waals surface area (Å²) in [5.41, 5.74) is 6.58. The van der Waals surface area contributed by atoms with Crippen LogP contribution < -0.4 is 5.32 Å². The molecule has 31 heavy (non-hydrogen) atoms. The van der Waals surface area contributed by atoms with Gasteiger partial charge in [0.1, 0.15) is 0 Å². The van der Waals surface area contributed by atoms with Crippen LogP contribution in [0.15, 0.2) is 91.3 Å². The van der Waals surface area contributed by atoms with Gasteiger partial charge in [0.2, 0.25) is 5.91 Å². The summed E-state index contributed by atoms with van der Waals surface area (Å²) in [5.74, 6) is 0.0141. The van der Waals surface area contributed by atoms with Gasteiger partial charge >= 0.3 is 0 Å². The van der Waals surface area contributed by atoms with Crippen molar-refractivity contribution >= 4 is 33.4 Å². The Bertz CT molecular complexity index is 1430. The zero-order chi connectivity index (χ0) is 20.8. The van der Waals surface area contributed by atoms with Gasteiger partial charge in [-0.3, -0.25) is 9.78 Å². The van der Waals surface area contributed by atoms with E-state index in [4.69, 9.17) is 0 Å². The maximum absolute atomic E-state index is 12.9. The number of hydrogen-bond acceptors (Lipinski definition) is 2. The number of amides is 1. The molecule has 1 aliphatic heterocycles. The van der Waals surface area contributed by atoms with E-state index in [0.29, 0.717) is 6.42 Å². The van der Waals surface area contributed by atoms with E-state index >= 15 is 0 Å². The second-order valence-corrected chi connectivity index (χ2v) is 8.12. The molecule has 4 heteroatoms. The van der Waals surface area contributed by atoms with E-state index in [0.717, 1.165) is 39.6 Å². The van der Waals surface area contributed by atoms with Crippen molar-refractivity contribution < 1.29 is 4.79 Å². The van der Waals surface area contributed by atoms with Gasteiger partial charge in [0.25, 0.3) is 0 Å². The Morgan fingerprint density at radius 2 is 1.74 bits per heavy atom. The van der Waals surface area contributed by atoms with Crippen LogP contribution in [0.2, 0.25) is 0 Å². The van der Waals surface area contributed by atoms with Gasteiger partial charge in [-0.2, -0.15) is 0 Å². The molecule has 0 aliphatic carbocycles. The molecule has 5 aromatic rings. The minimum atomic E-state index is -0.0314. The number of para-hydroxylation sites is 1. The predicted molar refractivity (Wildman–Crippen MR) is 124 cm³/mol. The average Bonchev–Trinajstić information content (AvgIpc) is 3.09. The minimum Gasteiger partial charge on any atom is -0.343 e. The first kappa shape index (κ1) is 17.9. The van der Waals surface area contributed by atoms with Crippen molar-refractivity contribution in [3.63, 3.8) is 0 Å². The highest BCUT2D eigenvalue weighted by atomic mass is 16.1. The molecule has 150 valence electrons. The van der Waals surface area contributed by atoms with Crippen LogP contribution in [0.3, 0.4) is 0 Å². The maximum Gasteiger partial charge on any atom is 0.225 e. The SMILES string of the molecule is O=C1C[C@H](c2ccnc3ccccc23)c2cn(Cc3ccccc3)c3cccc(c23)N1. The Morgan fingerprint density at radius 1 is 0.903 bits per heavy atom. The minimum absolute atomic E-state index is 0.0314. The van der Waals surface area contributed by atoms with Crippen LogP contribution in [-0.4, -0.2) is 15.5 Å². The second kappa shape index (κ2) is 7.10. The van der Waals surface area contributed by atoms with Crippen LogP contribution in [0.25, 0.3) is 21.8 Å². The summed E-state index contributed by atoms with van der Waals surface area (Å²) in [4.78, 5) is 17.4. The number of fused-ring (bicyclic) bond motifs is 1. The molecule has 1 N–H and O–H groups in total. The summed E-state index contributed by atoms with van der Waals surface area (Å²) in [7, 11) is 0. The standard InChI is InChI=1S/C27H21N3O/c31-26-15-21(19-13-14-28-23-10-5-4-9-20(19)23)22-17-30(16-18-7-2-1-3-8-18)25-12-6-11-24(29-26)27(22)25/h1-14,17,21H,15-16H2,(H,29,31)/t21-/m1/s1. The van der Waals surface area contributed by atoms with Crippen LogP contribution in [0.4, 0.5) is 5.69 Å². The Balaban J connectivity index is 1.59. The third-order valence-corrected chi connectivity index (χ3v) is 6.23. The first-order valence-electron chi connectivity index (χ1n) is 10.6. The highest BCUT2D eigenvalue weighted by Gasteiger charge is 2.29. The van der Waals surface area contributed by atoms with E-state index < -0.39 is 0 Å². The summed E-state index contributed by atoms with van der Waals surface area (Å²) in [5, 5.41) is 5.38. The van der Waals surface area contributed by atoms with Gasteiger partial charge in [0.05, 0.1) is 16.7 Å². The molecule has 0 fully saturated rings. The molecule has 0 radical (unpaired) electrons. The van der Waals surface area contributed by atoms with E-state index in [-0.39, 0.29) is 11.8 Å². The molecule has 0 saturated carbocycles. The van der Waals surface area contributed by atoms with Crippen LogP contribution in [0.1, 0.15) is 29.0 Å². The van der Waals surface area contributed by atoms with Crippen LogP contribution in [0.5, 0.6) is 0 Å². The number of nitrogens with zero attached hydrogens (tertiary/aromatic N) is 2. The van der Waals surface area contributed by atoms with Crippen molar-refractivity contribution in [3.05, 3.63) is 108 Å². The lowest BCUT2D eigenvalue weighted by Gasteiger charge is -2.16. The molecule has 0 spiro atoms. The van der Waals surface area contributed by atoms with Gasteiger partial charge in [0.15, 0.2) is 0 Å². The van der Waals surface area contributed by atoms with Crippen LogP contribution in [-0.2, 0) is 11.3 Å². The number of hydrogen-bond donors (Lipinski definition) is 1. The second-order valence-electron chi connectivity index (χ2n) is 8.12. The highest BCUT2D eigenvalue weighted by molar-refractivity contribution is 6.06. The fourth-order valence-corrected chi connectivity index (χ4v) is 4.86. The smallest absolute Gasteiger partial charge is 0.225 e. The topological polar surface area (TPSA) is 46.9 Å². The number of aromatic nitrogens is 2. The first-order valence-corrected chi connectivity index (χ1v) is 10.6. The molecule has 4 nitrogen and oxygen atoms in total. The van der Waals surface area contributed by atoms with Crippen LogP contribution >= 0.6 is 0 Å². The zero-order valence-corrected chi connectivity index (χ0v) is 17.0. The number of nitrogens with one attached hydrogen (secondary N) is 1. The Morgan fingerprint density at radius 3 is 2.65 bits per heavy atom. The molecular formula is C27H21N3O. The van der Waals surface area contributed by atoms with Gasteiger partial charge in [-0.1, -0.05) is 54.6 Å². The van der Waals surface area contributed by atoms with E-state index in [9.17, 15) is 4.79 Å². The molecule has 0 bridgehead atoms. The molecule has 3 heterocycles. The summed E-state index contributed by atoms with van der Waals surface area (Å²) in [6.07, 6.45) is 4.50. The molecule has 0 saturated heterocycles. The number of carbonyl (C=O) groups is 1. The lowest BCUT2D eigenvalue weighted by Crippen LogP contribution is -2.14. The lowest BCUT2D eigenvalue weighted by atomic mass is 9.87. The van der Waals surface area contributed by atoms with Gasteiger partial charge < -0.3 is 9.88 Å². The third-order valence-electron chi connectivity index (χ3n) is 6.23. The number of benzene rings is 3. The molecule has 3 aromatic carbocycles. The van der Waals surface area contributed by atoms with Crippen molar-refractivity contribution in [2.75, 3.05) is 5.32 Å². The third kappa shape index (κ3) is 2.99. The van der Waals surface area contributed by atoms with Crippen molar-refractivity contribution in [3.8, 4) is 0 Å². The number of rotatable bonds is 3. The van der Waals surface area contributed by atoms with Gasteiger partial charge in [0, 0.05) is 42.0 Å². The summed E-state index contributed by atoms with van der Waals surface area (Å²) < 4.78 is 2.30. The van der Waals surface area contributed by atoms with Crippen molar-refractivity contribution in [1.82, 2.24) is 9.55 Å². The zero-order valence-electron chi connectivity index (χ0n) is 17.0. The van der Waals surface area contributed by atoms with Gasteiger partial charge in [-0.15, -0.1) is 0 Å². The molecule has 1 atom stereocenters. The van der Waals surface area contributed by atoms with Crippen molar-refractivity contribution in [1.29, 1.82) is 0 Å². The van der Waals surface area contributed by atoms with Gasteiger partial charge in [-0.25, -0.2) is 0 Å². The first-order chi connectivity index (χ1) is 15.3. The van der Waals surface area contributed by atoms with Crippen LogP contribution in [0, 0.1) is 0 Å². The number of carbonyl (C=O) groups excluding carboxylic acids is 1. The van der Waals surface area contributed by atoms with E-state index in [1.165, 1.54) is 11.1 Å². The summed E-state index contributed by atoms with van der Waals surface area (Å²) >= 11 is 0. The summed E-state index contributed by atoms with van der Waals surface area (Å²) in [6.45, 7) is 0.790. The normalized spacial score (nSPS) is 15.7. The lowest BCUT2D eigenvalue weighted by molar-refractivity contribution is -0.116. The van der Waals surface area contributed by atoms with E-state index in [2.05, 4.69) is 63.5 Å². The molecule has 2 aromatic heterocycles. The Labute approximate surface area is 180 Å². The summed E-state index contributed by atoms with van der Waals surface area (Å²) in [6, 6.07) is 26.9. The monoisotopic (exact) mass is 403 g/mol. The highest BCUT2D eigenvalue weighted by Crippen LogP contribution is 2.42. The van der Waals surface area contributed by atoms with Crippen molar-refractivity contribution in [2.45, 2.75) is 18.9 Å². The fourth-order valence-electron chi connectivity index (χ4n) is 4.86. The predicted octanol–water partition coefficient (Wildman–Crippen LogP) is 5.71. The molecular weight excluding hydrogens is 382 g/mol. The quantitative estimate of drug-likeness (QED) is 0.419. The molecule has 0 unspecified atom stereocenters. The Hall–Kier alpha value is -3.92. The van der Waals surface area contributed by atoms with Crippen molar-refractivity contribution in [2.24, 2.45) is 0 Å². The van der Waals surface area contributed by atoms with Gasteiger partial charge in [-0.05, 0) is 41.0 Å². The Kier molecular flexibility index (Phi) is 4.10. The van der Waals surface area contributed by atoms with E-state index in [1.807, 2.05) is 42.6 Å². The molecule has 1 amide bonds.